The Labute approximate surface area is 238 Å². The average molecular weight is 539 g/mol. The summed E-state index contributed by atoms with van der Waals surface area (Å²) < 4.78 is 0. The Morgan fingerprint density at radius 1 is 0.925 bits per heavy atom. The largest absolute Gasteiger partial charge is 0.383 e. The third-order valence-electron chi connectivity index (χ3n) is 7.22. The van der Waals surface area contributed by atoms with Crippen molar-refractivity contribution >= 4 is 46.9 Å². The van der Waals surface area contributed by atoms with E-state index in [-0.39, 0.29) is 0 Å². The smallest absolute Gasteiger partial charge is 0.160 e. The number of rotatable bonds is 10. The molecule has 4 N–H and O–H groups in total. The normalized spacial score (nSPS) is 18.4. The van der Waals surface area contributed by atoms with E-state index in [9.17, 15) is 0 Å². The van der Waals surface area contributed by atoms with Gasteiger partial charge in [0, 0.05) is 39.6 Å². The fourth-order valence-corrected chi connectivity index (χ4v) is 4.58. The average Bonchev–Trinajstić information content (AvgIpc) is 3.50. The van der Waals surface area contributed by atoms with Gasteiger partial charge in [0.15, 0.2) is 11.7 Å². The lowest BCUT2D eigenvalue weighted by Gasteiger charge is -2.12. The van der Waals surface area contributed by atoms with Crippen molar-refractivity contribution < 1.29 is 0 Å². The molecule has 0 aliphatic carbocycles. The summed E-state index contributed by atoms with van der Waals surface area (Å²) in [5, 5.41) is 3.52. The standard InChI is InChI=1S/C32H42N8/c1-11-16-24-21(9)27(34-15-5)36-31(24)40-32-25(17-12-2)22(10)29(39-32)37-28-20(8)23(14-4)30(38-28)35-26(33)19(7)18(6)13-3/h13-15,38H,3-5,11-12,16-17H2,1-2,6-10H3,(H2,33,35)(H,34,36,37,39,40)/b19-18+. The predicted molar refractivity (Wildman–Crippen MR) is 173 cm³/mol. The van der Waals surface area contributed by atoms with Gasteiger partial charge in [-0.25, -0.2) is 25.0 Å². The van der Waals surface area contributed by atoms with Crippen molar-refractivity contribution in [1.82, 2.24) is 10.3 Å². The number of hydrogen-bond donors (Lipinski definition) is 3. The first-order valence-electron chi connectivity index (χ1n) is 13.7. The number of aromatic amines is 1. The second kappa shape index (κ2) is 13.2. The molecule has 0 aromatic carbocycles. The highest BCUT2D eigenvalue weighted by atomic mass is 15.1. The fourth-order valence-electron chi connectivity index (χ4n) is 4.58. The fraction of sp³-hybridized carbons (Fsp3) is 0.344. The van der Waals surface area contributed by atoms with Crippen molar-refractivity contribution in [2.75, 3.05) is 0 Å². The van der Waals surface area contributed by atoms with Crippen molar-refractivity contribution in [1.29, 1.82) is 0 Å². The van der Waals surface area contributed by atoms with Crippen molar-refractivity contribution in [3.05, 3.63) is 76.6 Å². The first-order chi connectivity index (χ1) is 19.1. The maximum atomic E-state index is 6.30. The third kappa shape index (κ3) is 6.11. The van der Waals surface area contributed by atoms with Crippen LogP contribution in [-0.4, -0.2) is 34.2 Å². The zero-order valence-corrected chi connectivity index (χ0v) is 25.0. The van der Waals surface area contributed by atoms with Crippen LogP contribution in [-0.2, 0) is 0 Å². The lowest BCUT2D eigenvalue weighted by Crippen LogP contribution is -2.31. The molecule has 0 saturated carbocycles. The van der Waals surface area contributed by atoms with Crippen molar-refractivity contribution in [3.63, 3.8) is 0 Å². The lowest BCUT2D eigenvalue weighted by molar-refractivity contribution is 0.919. The summed E-state index contributed by atoms with van der Waals surface area (Å²) in [6.07, 6.45) is 8.80. The van der Waals surface area contributed by atoms with Crippen molar-refractivity contribution in [2.45, 2.75) is 74.1 Å². The Bertz CT molecular complexity index is 1480. The Morgan fingerprint density at radius 3 is 2.02 bits per heavy atom. The molecule has 1 aromatic rings. The number of H-pyrrole nitrogens is 1. The van der Waals surface area contributed by atoms with Crippen LogP contribution in [0.3, 0.4) is 0 Å². The van der Waals surface area contributed by atoms with Crippen LogP contribution in [0.1, 0.15) is 78.4 Å². The van der Waals surface area contributed by atoms with Gasteiger partial charge in [-0.1, -0.05) is 58.6 Å². The van der Waals surface area contributed by atoms with Crippen LogP contribution >= 0.6 is 0 Å². The van der Waals surface area contributed by atoms with Crippen LogP contribution in [0.25, 0.3) is 6.08 Å². The van der Waals surface area contributed by atoms with Gasteiger partial charge in [-0.15, -0.1) is 0 Å². The van der Waals surface area contributed by atoms with Gasteiger partial charge in [-0.2, -0.15) is 0 Å². The molecule has 0 amide bonds. The van der Waals surface area contributed by atoms with Gasteiger partial charge in [-0.3, -0.25) is 0 Å². The molecular weight excluding hydrogens is 496 g/mol. The van der Waals surface area contributed by atoms with Crippen LogP contribution < -0.4 is 11.1 Å². The molecule has 3 heterocycles. The molecule has 2 aliphatic heterocycles. The quantitative estimate of drug-likeness (QED) is 0.161. The molecule has 0 atom stereocenters. The van der Waals surface area contributed by atoms with Gasteiger partial charge >= 0.3 is 0 Å². The highest BCUT2D eigenvalue weighted by Crippen LogP contribution is 2.34. The van der Waals surface area contributed by atoms with E-state index in [0.717, 1.165) is 81.9 Å². The third-order valence-corrected chi connectivity index (χ3v) is 7.22. The van der Waals surface area contributed by atoms with Crippen LogP contribution in [0.15, 0.2) is 90.4 Å². The maximum Gasteiger partial charge on any atom is 0.160 e. The number of amidine groups is 5. The van der Waals surface area contributed by atoms with E-state index in [0.29, 0.717) is 29.1 Å². The van der Waals surface area contributed by atoms with Crippen LogP contribution in [0.4, 0.5) is 11.6 Å². The summed E-state index contributed by atoms with van der Waals surface area (Å²) >= 11 is 0. The lowest BCUT2D eigenvalue weighted by atomic mass is 10.0. The minimum atomic E-state index is 0.413. The molecule has 8 nitrogen and oxygen atoms in total. The molecule has 0 bridgehead atoms. The van der Waals surface area contributed by atoms with Gasteiger partial charge in [0.05, 0.1) is 0 Å². The zero-order valence-electron chi connectivity index (χ0n) is 25.0. The van der Waals surface area contributed by atoms with E-state index in [1.165, 1.54) is 6.20 Å². The highest BCUT2D eigenvalue weighted by Gasteiger charge is 2.27. The van der Waals surface area contributed by atoms with E-state index in [1.54, 1.807) is 12.2 Å². The number of nitrogens with two attached hydrogens (primary N) is 1. The molecule has 210 valence electrons. The molecular formula is C32H42N8. The zero-order chi connectivity index (χ0) is 29.6. The molecule has 0 saturated heterocycles. The first-order valence-corrected chi connectivity index (χ1v) is 13.7. The topological polar surface area (TPSA) is 116 Å². The summed E-state index contributed by atoms with van der Waals surface area (Å²) in [4.78, 5) is 27.0. The second-order valence-corrected chi connectivity index (χ2v) is 9.90. The number of aromatic nitrogens is 1. The van der Waals surface area contributed by atoms with Gasteiger partial charge in [0.2, 0.25) is 0 Å². The number of nitrogens with one attached hydrogen (secondary N) is 2. The molecule has 40 heavy (non-hydrogen) atoms. The molecule has 8 heteroatoms. The Kier molecular flexibility index (Phi) is 9.93. The molecule has 0 radical (unpaired) electrons. The van der Waals surface area contributed by atoms with Crippen LogP contribution in [0, 0.1) is 6.92 Å². The van der Waals surface area contributed by atoms with Crippen LogP contribution in [0.5, 0.6) is 0 Å². The summed E-state index contributed by atoms with van der Waals surface area (Å²) in [5.41, 5.74) is 14.3. The van der Waals surface area contributed by atoms with E-state index in [4.69, 9.17) is 20.7 Å². The van der Waals surface area contributed by atoms with E-state index in [2.05, 4.69) is 67.7 Å². The molecule has 0 spiro atoms. The van der Waals surface area contributed by atoms with Gasteiger partial charge in [0.1, 0.15) is 29.1 Å². The summed E-state index contributed by atoms with van der Waals surface area (Å²) in [5.74, 6) is 4.58. The highest BCUT2D eigenvalue weighted by molar-refractivity contribution is 6.29. The Morgan fingerprint density at radius 2 is 1.50 bits per heavy atom. The molecule has 1 aromatic heterocycles. The predicted octanol–water partition coefficient (Wildman–Crippen LogP) is 7.70. The summed E-state index contributed by atoms with van der Waals surface area (Å²) in [6.45, 7) is 25.8. The maximum absolute atomic E-state index is 6.30. The minimum Gasteiger partial charge on any atom is -0.383 e. The van der Waals surface area contributed by atoms with E-state index < -0.39 is 0 Å². The van der Waals surface area contributed by atoms with Gasteiger partial charge in [0.25, 0.3) is 0 Å². The van der Waals surface area contributed by atoms with Crippen molar-refractivity contribution in [2.24, 2.45) is 30.7 Å². The second-order valence-electron chi connectivity index (χ2n) is 9.90. The number of hydrogen-bond acceptors (Lipinski definition) is 4. The summed E-state index contributed by atoms with van der Waals surface area (Å²) in [6, 6.07) is 0. The van der Waals surface area contributed by atoms with E-state index >= 15 is 0 Å². The summed E-state index contributed by atoms with van der Waals surface area (Å²) in [7, 11) is 0. The molecule has 2 aliphatic rings. The number of nitrogens with zero attached hydrogens (tertiary/aromatic N) is 5. The van der Waals surface area contributed by atoms with Crippen molar-refractivity contribution in [3.8, 4) is 0 Å². The molecule has 3 rings (SSSR count). The Balaban J connectivity index is 2.07. The van der Waals surface area contributed by atoms with Gasteiger partial charge in [-0.05, 0) is 58.6 Å². The van der Waals surface area contributed by atoms with Crippen LogP contribution in [0.2, 0.25) is 0 Å². The van der Waals surface area contributed by atoms with E-state index in [1.807, 2.05) is 20.8 Å². The molecule has 0 unspecified atom stereocenters. The van der Waals surface area contributed by atoms with Gasteiger partial charge < -0.3 is 16.0 Å². The minimum absolute atomic E-state index is 0.413. The Hall–Kier alpha value is -4.33. The first kappa shape index (κ1) is 30.2. The SMILES string of the molecule is C=CN=C1N=C(NC2=NC(=Nc3[nH]c(N=C(N)/C(C)=C(\C)C=C)c(C=C)c3C)C(C)=C2CCC)C(CCC)=C1C. The molecule has 0 fully saturated rings. The monoisotopic (exact) mass is 538 g/mol. The number of aliphatic imine (C=N–C) groups is 5. The number of allylic oxidation sites excluding steroid dienone is 2.